The third kappa shape index (κ3) is 4.87. The maximum atomic E-state index is 12.8. The van der Waals surface area contributed by atoms with E-state index in [9.17, 15) is 9.59 Å². The number of rotatable bonds is 7. The Hall–Kier alpha value is -3.10. The number of nitrogens with zero attached hydrogens (tertiary/aromatic N) is 1. The van der Waals surface area contributed by atoms with Gasteiger partial charge in [-0.3, -0.25) is 9.59 Å². The van der Waals surface area contributed by atoms with Gasteiger partial charge in [-0.05, 0) is 50.6 Å². The number of H-pyrrole nitrogens is 1. The number of ether oxygens (including phenoxy) is 1. The standard InChI is InChI=1S/C24H23N3O3S2/c1-14-15(2)32-24-21(14)23(29)26-20(27-24)13-31-16(3)22(28)25-18-11-7-8-12-19(18)30-17-9-5-4-6-10-17/h4-12,16H,13H2,1-3H3,(H,25,28)(H,26,27,29). The Morgan fingerprint density at radius 3 is 2.66 bits per heavy atom. The topological polar surface area (TPSA) is 84.1 Å². The average molecular weight is 466 g/mol. The number of thioether (sulfide) groups is 1. The molecule has 4 aromatic rings. The molecule has 1 atom stereocenters. The quantitative estimate of drug-likeness (QED) is 0.368. The van der Waals surface area contributed by atoms with Crippen molar-refractivity contribution in [2.75, 3.05) is 5.32 Å². The monoisotopic (exact) mass is 465 g/mol. The molecule has 164 valence electrons. The van der Waals surface area contributed by atoms with E-state index in [0.29, 0.717) is 34.1 Å². The number of thiophene rings is 1. The zero-order valence-electron chi connectivity index (χ0n) is 18.0. The number of hydrogen-bond donors (Lipinski definition) is 2. The van der Waals surface area contributed by atoms with Crippen molar-refractivity contribution >= 4 is 44.9 Å². The molecule has 1 amide bonds. The summed E-state index contributed by atoms with van der Waals surface area (Å²) in [4.78, 5) is 34.5. The number of nitrogens with one attached hydrogen (secondary N) is 2. The molecule has 0 bridgehead atoms. The van der Waals surface area contributed by atoms with Crippen LogP contribution in [-0.2, 0) is 10.5 Å². The molecule has 8 heteroatoms. The fraction of sp³-hybridized carbons (Fsp3) is 0.208. The first-order valence-corrected chi connectivity index (χ1v) is 12.0. The van der Waals surface area contributed by atoms with Gasteiger partial charge in [-0.2, -0.15) is 0 Å². The van der Waals surface area contributed by atoms with Gasteiger partial charge in [0.15, 0.2) is 5.75 Å². The molecule has 0 aliphatic heterocycles. The summed E-state index contributed by atoms with van der Waals surface area (Å²) >= 11 is 2.93. The summed E-state index contributed by atoms with van der Waals surface area (Å²) < 4.78 is 5.91. The highest BCUT2D eigenvalue weighted by Gasteiger charge is 2.18. The molecule has 0 aliphatic carbocycles. The Kier molecular flexibility index (Phi) is 6.62. The summed E-state index contributed by atoms with van der Waals surface area (Å²) in [6.45, 7) is 5.75. The van der Waals surface area contributed by atoms with Crippen molar-refractivity contribution in [2.45, 2.75) is 31.8 Å². The van der Waals surface area contributed by atoms with E-state index in [4.69, 9.17) is 4.74 Å². The predicted octanol–water partition coefficient (Wildman–Crippen LogP) is 5.65. The number of aryl methyl sites for hydroxylation is 2. The smallest absolute Gasteiger partial charge is 0.259 e. The molecule has 2 aromatic carbocycles. The molecule has 2 aromatic heterocycles. The number of hydrogen-bond acceptors (Lipinski definition) is 6. The van der Waals surface area contributed by atoms with Crippen LogP contribution in [0, 0.1) is 13.8 Å². The molecule has 1 unspecified atom stereocenters. The maximum absolute atomic E-state index is 12.8. The molecule has 2 N–H and O–H groups in total. The third-order valence-electron chi connectivity index (χ3n) is 5.04. The second kappa shape index (κ2) is 9.58. The Bertz CT molecular complexity index is 1320. The highest BCUT2D eigenvalue weighted by molar-refractivity contribution is 7.99. The number of aromatic nitrogens is 2. The molecule has 0 aliphatic rings. The highest BCUT2D eigenvalue weighted by Crippen LogP contribution is 2.30. The van der Waals surface area contributed by atoms with E-state index < -0.39 is 0 Å². The predicted molar refractivity (Wildman–Crippen MR) is 132 cm³/mol. The van der Waals surface area contributed by atoms with Crippen molar-refractivity contribution < 1.29 is 9.53 Å². The summed E-state index contributed by atoms with van der Waals surface area (Å²) in [5.74, 6) is 2.12. The van der Waals surface area contributed by atoms with E-state index in [1.165, 1.54) is 23.1 Å². The van der Waals surface area contributed by atoms with Crippen molar-refractivity contribution in [3.63, 3.8) is 0 Å². The van der Waals surface area contributed by atoms with Crippen LogP contribution in [0.4, 0.5) is 5.69 Å². The van der Waals surface area contributed by atoms with Gasteiger partial charge in [0, 0.05) is 4.88 Å². The minimum absolute atomic E-state index is 0.128. The number of carbonyl (C=O) groups is 1. The van der Waals surface area contributed by atoms with Gasteiger partial charge in [0.25, 0.3) is 5.56 Å². The van der Waals surface area contributed by atoms with E-state index in [0.717, 1.165) is 15.3 Å². The van der Waals surface area contributed by atoms with Gasteiger partial charge in [0.1, 0.15) is 16.4 Å². The van der Waals surface area contributed by atoms with E-state index in [2.05, 4.69) is 15.3 Å². The number of amides is 1. The van der Waals surface area contributed by atoms with Crippen LogP contribution in [0.1, 0.15) is 23.2 Å². The van der Waals surface area contributed by atoms with Crippen LogP contribution in [0.2, 0.25) is 0 Å². The van der Waals surface area contributed by atoms with Crippen LogP contribution >= 0.6 is 23.1 Å². The molecule has 0 saturated heterocycles. The van der Waals surface area contributed by atoms with Crippen LogP contribution in [0.3, 0.4) is 0 Å². The molecular weight excluding hydrogens is 442 g/mol. The number of fused-ring (bicyclic) bond motifs is 1. The molecular formula is C24H23N3O3S2. The highest BCUT2D eigenvalue weighted by atomic mass is 32.2. The van der Waals surface area contributed by atoms with Gasteiger partial charge >= 0.3 is 0 Å². The molecule has 0 spiro atoms. The van der Waals surface area contributed by atoms with Crippen molar-refractivity contribution in [3.05, 3.63) is 81.2 Å². The van der Waals surface area contributed by atoms with E-state index in [1.54, 1.807) is 0 Å². The Morgan fingerprint density at radius 1 is 1.16 bits per heavy atom. The molecule has 0 fully saturated rings. The van der Waals surface area contributed by atoms with Crippen LogP contribution < -0.4 is 15.6 Å². The van der Waals surface area contributed by atoms with Crippen LogP contribution in [0.5, 0.6) is 11.5 Å². The Morgan fingerprint density at radius 2 is 1.88 bits per heavy atom. The largest absolute Gasteiger partial charge is 0.455 e. The van der Waals surface area contributed by atoms with E-state index in [1.807, 2.05) is 75.4 Å². The molecule has 2 heterocycles. The van der Waals surface area contributed by atoms with E-state index >= 15 is 0 Å². The Balaban J connectivity index is 1.42. The van der Waals surface area contributed by atoms with Crippen LogP contribution in [0.15, 0.2) is 59.4 Å². The average Bonchev–Trinajstić information content (AvgIpc) is 3.07. The summed E-state index contributed by atoms with van der Waals surface area (Å²) in [7, 11) is 0. The third-order valence-corrected chi connectivity index (χ3v) is 7.30. The molecule has 32 heavy (non-hydrogen) atoms. The van der Waals surface area contributed by atoms with Crippen molar-refractivity contribution in [2.24, 2.45) is 0 Å². The van der Waals surface area contributed by atoms with Gasteiger partial charge in [-0.1, -0.05) is 30.3 Å². The van der Waals surface area contributed by atoms with Gasteiger partial charge < -0.3 is 15.0 Å². The first-order valence-electron chi connectivity index (χ1n) is 10.2. The number of carbonyl (C=O) groups excluding carboxylic acids is 1. The normalized spacial score (nSPS) is 12.0. The molecule has 0 saturated carbocycles. The Labute approximate surface area is 194 Å². The lowest BCUT2D eigenvalue weighted by Gasteiger charge is -2.15. The van der Waals surface area contributed by atoms with Gasteiger partial charge in [0.05, 0.1) is 22.1 Å². The lowest BCUT2D eigenvalue weighted by Crippen LogP contribution is -2.23. The summed E-state index contributed by atoms with van der Waals surface area (Å²) in [6.07, 6.45) is 0. The van der Waals surface area contributed by atoms with Crippen LogP contribution in [-0.4, -0.2) is 21.1 Å². The fourth-order valence-electron chi connectivity index (χ4n) is 3.16. The van der Waals surface area contributed by atoms with Gasteiger partial charge in [-0.15, -0.1) is 23.1 Å². The number of anilines is 1. The number of aromatic amines is 1. The van der Waals surface area contributed by atoms with Gasteiger partial charge in [0.2, 0.25) is 5.91 Å². The van der Waals surface area contributed by atoms with E-state index in [-0.39, 0.29) is 16.7 Å². The molecule has 4 rings (SSSR count). The fourth-order valence-corrected chi connectivity index (χ4v) is 4.96. The first kappa shape index (κ1) is 22.1. The van der Waals surface area contributed by atoms with Crippen molar-refractivity contribution in [1.29, 1.82) is 0 Å². The van der Waals surface area contributed by atoms with Crippen LogP contribution in [0.25, 0.3) is 10.2 Å². The summed E-state index contributed by atoms with van der Waals surface area (Å²) in [5.41, 5.74) is 1.45. The minimum atomic E-state index is -0.354. The second-order valence-corrected chi connectivity index (χ2v) is 9.86. The first-order chi connectivity index (χ1) is 15.4. The lowest BCUT2D eigenvalue weighted by molar-refractivity contribution is -0.115. The zero-order valence-corrected chi connectivity index (χ0v) is 19.6. The summed E-state index contributed by atoms with van der Waals surface area (Å²) in [6, 6.07) is 16.7. The van der Waals surface area contributed by atoms with Gasteiger partial charge in [-0.25, -0.2) is 4.98 Å². The second-order valence-electron chi connectivity index (χ2n) is 7.33. The zero-order chi connectivity index (χ0) is 22.7. The van der Waals surface area contributed by atoms with Crippen molar-refractivity contribution in [3.8, 4) is 11.5 Å². The maximum Gasteiger partial charge on any atom is 0.259 e. The number of benzene rings is 2. The minimum Gasteiger partial charge on any atom is -0.455 e. The number of para-hydroxylation sites is 3. The van der Waals surface area contributed by atoms with Crippen molar-refractivity contribution in [1.82, 2.24) is 9.97 Å². The SMILES string of the molecule is Cc1sc2nc(CSC(C)C(=O)Nc3ccccc3Oc3ccccc3)[nH]c(=O)c2c1C. The lowest BCUT2D eigenvalue weighted by atomic mass is 10.2. The molecule has 6 nitrogen and oxygen atoms in total. The summed E-state index contributed by atoms with van der Waals surface area (Å²) in [5, 5.41) is 3.24. The molecule has 0 radical (unpaired) electrons.